The first-order valence-electron chi connectivity index (χ1n) is 6.45. The highest BCUT2D eigenvalue weighted by Crippen LogP contribution is 2.36. The van der Waals surface area contributed by atoms with Crippen molar-refractivity contribution in [3.05, 3.63) is 23.8 Å². The summed E-state index contributed by atoms with van der Waals surface area (Å²) < 4.78 is 16.8. The van der Waals surface area contributed by atoms with Gasteiger partial charge in [0.15, 0.2) is 11.5 Å². The lowest BCUT2D eigenvalue weighted by Crippen LogP contribution is -2.01. The van der Waals surface area contributed by atoms with Crippen molar-refractivity contribution in [1.29, 1.82) is 0 Å². The highest BCUT2D eigenvalue weighted by molar-refractivity contribution is 5.63. The van der Waals surface area contributed by atoms with E-state index >= 15 is 0 Å². The van der Waals surface area contributed by atoms with Gasteiger partial charge in [-0.2, -0.15) is 0 Å². The first-order valence-corrected chi connectivity index (χ1v) is 6.45. The van der Waals surface area contributed by atoms with Crippen LogP contribution in [-0.2, 0) is 0 Å². The number of rotatable bonds is 7. The van der Waals surface area contributed by atoms with E-state index in [0.29, 0.717) is 19.8 Å². The van der Waals surface area contributed by atoms with E-state index in [0.717, 1.165) is 22.8 Å². The predicted octanol–water partition coefficient (Wildman–Crippen LogP) is 3.92. The molecule has 3 nitrogen and oxygen atoms in total. The van der Waals surface area contributed by atoms with Crippen LogP contribution in [0, 0.1) is 0 Å². The second-order valence-electron chi connectivity index (χ2n) is 3.64. The van der Waals surface area contributed by atoms with Gasteiger partial charge in [-0.3, -0.25) is 0 Å². The molecule has 0 saturated carbocycles. The van der Waals surface area contributed by atoms with E-state index in [9.17, 15) is 0 Å². The van der Waals surface area contributed by atoms with Gasteiger partial charge >= 0.3 is 0 Å². The molecule has 0 heterocycles. The largest absolute Gasteiger partial charge is 0.493 e. The maximum atomic E-state index is 5.62. The van der Waals surface area contributed by atoms with Crippen LogP contribution < -0.4 is 14.2 Å². The van der Waals surface area contributed by atoms with Crippen LogP contribution in [0.3, 0.4) is 0 Å². The maximum absolute atomic E-state index is 5.62. The second kappa shape index (κ2) is 7.64. The Bertz CT molecular complexity index is 397. The number of hydrogen-bond acceptors (Lipinski definition) is 3. The molecule has 18 heavy (non-hydrogen) atoms. The minimum absolute atomic E-state index is 0.606. The predicted molar refractivity (Wildman–Crippen MR) is 74.7 cm³/mol. The summed E-state index contributed by atoms with van der Waals surface area (Å²) in [7, 11) is 0. The van der Waals surface area contributed by atoms with E-state index in [1.54, 1.807) is 0 Å². The smallest absolute Gasteiger partial charge is 0.164 e. The Morgan fingerprint density at radius 2 is 1.33 bits per heavy atom. The van der Waals surface area contributed by atoms with Gasteiger partial charge in [-0.1, -0.05) is 12.2 Å². The molecule has 3 heteroatoms. The Labute approximate surface area is 109 Å². The van der Waals surface area contributed by atoms with Crippen molar-refractivity contribution in [2.45, 2.75) is 27.7 Å². The normalized spacial score (nSPS) is 10.7. The van der Waals surface area contributed by atoms with Crippen LogP contribution in [0.25, 0.3) is 6.08 Å². The van der Waals surface area contributed by atoms with Gasteiger partial charge in [0.25, 0.3) is 0 Å². The van der Waals surface area contributed by atoms with Gasteiger partial charge in [0.2, 0.25) is 0 Å². The SMILES string of the molecule is CC=Cc1cc(OCC)c(OCC)cc1OCC. The molecule has 100 valence electrons. The van der Waals surface area contributed by atoms with Crippen LogP contribution in [0.4, 0.5) is 0 Å². The van der Waals surface area contributed by atoms with E-state index in [2.05, 4.69) is 0 Å². The van der Waals surface area contributed by atoms with E-state index in [1.165, 1.54) is 0 Å². The molecule has 0 aliphatic heterocycles. The lowest BCUT2D eigenvalue weighted by Gasteiger charge is -2.15. The number of benzene rings is 1. The Balaban J connectivity index is 3.20. The third-order valence-electron chi connectivity index (χ3n) is 2.32. The first-order chi connectivity index (χ1) is 8.76. The lowest BCUT2D eigenvalue weighted by atomic mass is 10.1. The van der Waals surface area contributed by atoms with Gasteiger partial charge in [0, 0.05) is 11.6 Å². The van der Waals surface area contributed by atoms with Crippen molar-refractivity contribution in [1.82, 2.24) is 0 Å². The zero-order valence-electron chi connectivity index (χ0n) is 11.7. The standard InChI is InChI=1S/C15H22O3/c1-5-9-12-10-14(17-7-3)15(18-8-4)11-13(12)16-6-2/h5,9-11H,6-8H2,1-4H3. The summed E-state index contributed by atoms with van der Waals surface area (Å²) in [6, 6.07) is 3.85. The minimum atomic E-state index is 0.606. The zero-order chi connectivity index (χ0) is 13.4. The zero-order valence-corrected chi connectivity index (χ0v) is 11.7. The molecule has 0 aliphatic rings. The summed E-state index contributed by atoms with van der Waals surface area (Å²) in [5.41, 5.74) is 1.01. The molecule has 0 N–H and O–H groups in total. The first kappa shape index (κ1) is 14.4. The average Bonchev–Trinajstić information content (AvgIpc) is 2.35. The third-order valence-corrected chi connectivity index (χ3v) is 2.32. The molecule has 0 amide bonds. The fraction of sp³-hybridized carbons (Fsp3) is 0.467. The van der Waals surface area contributed by atoms with Crippen molar-refractivity contribution < 1.29 is 14.2 Å². The third kappa shape index (κ3) is 3.69. The molecular weight excluding hydrogens is 228 g/mol. The Hall–Kier alpha value is -1.64. The molecule has 0 unspecified atom stereocenters. The van der Waals surface area contributed by atoms with E-state index in [-0.39, 0.29) is 0 Å². The fourth-order valence-corrected chi connectivity index (χ4v) is 1.68. The Morgan fingerprint density at radius 3 is 1.83 bits per heavy atom. The summed E-state index contributed by atoms with van der Waals surface area (Å²) in [6.45, 7) is 9.71. The van der Waals surface area contributed by atoms with Crippen molar-refractivity contribution in [2.24, 2.45) is 0 Å². The van der Waals surface area contributed by atoms with Crippen LogP contribution in [0.5, 0.6) is 17.2 Å². The monoisotopic (exact) mass is 250 g/mol. The highest BCUT2D eigenvalue weighted by atomic mass is 16.5. The van der Waals surface area contributed by atoms with Crippen LogP contribution in [0.2, 0.25) is 0 Å². The quantitative estimate of drug-likeness (QED) is 0.734. The molecule has 0 aromatic heterocycles. The lowest BCUT2D eigenvalue weighted by molar-refractivity contribution is 0.282. The molecule has 0 radical (unpaired) electrons. The topological polar surface area (TPSA) is 27.7 Å². The fourth-order valence-electron chi connectivity index (χ4n) is 1.68. The molecule has 1 aromatic carbocycles. The van der Waals surface area contributed by atoms with Crippen LogP contribution in [0.1, 0.15) is 33.3 Å². The Morgan fingerprint density at radius 1 is 0.833 bits per heavy atom. The second-order valence-corrected chi connectivity index (χ2v) is 3.64. The summed E-state index contributed by atoms with van der Waals surface area (Å²) in [6.07, 6.45) is 3.98. The molecule has 0 atom stereocenters. The molecule has 0 bridgehead atoms. The van der Waals surface area contributed by atoms with Crippen molar-refractivity contribution in [3.63, 3.8) is 0 Å². The van der Waals surface area contributed by atoms with Gasteiger partial charge in [-0.05, 0) is 33.8 Å². The van der Waals surface area contributed by atoms with Gasteiger partial charge in [0.1, 0.15) is 5.75 Å². The molecule has 0 spiro atoms. The van der Waals surface area contributed by atoms with Gasteiger partial charge in [-0.15, -0.1) is 0 Å². The van der Waals surface area contributed by atoms with Crippen LogP contribution in [-0.4, -0.2) is 19.8 Å². The van der Waals surface area contributed by atoms with Gasteiger partial charge < -0.3 is 14.2 Å². The van der Waals surface area contributed by atoms with Crippen LogP contribution >= 0.6 is 0 Å². The summed E-state index contributed by atoms with van der Waals surface area (Å²) in [5, 5.41) is 0. The van der Waals surface area contributed by atoms with Gasteiger partial charge in [0.05, 0.1) is 19.8 Å². The highest BCUT2D eigenvalue weighted by Gasteiger charge is 2.11. The summed E-state index contributed by atoms with van der Waals surface area (Å²) in [4.78, 5) is 0. The molecule has 1 aromatic rings. The van der Waals surface area contributed by atoms with E-state index in [1.807, 2.05) is 52.0 Å². The maximum Gasteiger partial charge on any atom is 0.164 e. The van der Waals surface area contributed by atoms with Crippen molar-refractivity contribution in [3.8, 4) is 17.2 Å². The Kier molecular flexibility index (Phi) is 6.12. The van der Waals surface area contributed by atoms with E-state index in [4.69, 9.17) is 14.2 Å². The molecule has 1 rings (SSSR count). The molecule has 0 saturated heterocycles. The van der Waals surface area contributed by atoms with Gasteiger partial charge in [-0.25, -0.2) is 0 Å². The van der Waals surface area contributed by atoms with Crippen molar-refractivity contribution in [2.75, 3.05) is 19.8 Å². The summed E-state index contributed by atoms with van der Waals surface area (Å²) in [5.74, 6) is 2.31. The van der Waals surface area contributed by atoms with E-state index < -0.39 is 0 Å². The molecular formula is C15H22O3. The average molecular weight is 250 g/mol. The number of ether oxygens (including phenoxy) is 3. The molecule has 0 fully saturated rings. The summed E-state index contributed by atoms with van der Waals surface area (Å²) >= 11 is 0. The number of hydrogen-bond donors (Lipinski definition) is 0. The van der Waals surface area contributed by atoms with Crippen LogP contribution in [0.15, 0.2) is 18.2 Å². The minimum Gasteiger partial charge on any atom is -0.493 e. The molecule has 0 aliphatic carbocycles. The number of allylic oxidation sites excluding steroid dienone is 1. The van der Waals surface area contributed by atoms with Crippen molar-refractivity contribution >= 4 is 6.08 Å².